The van der Waals surface area contributed by atoms with Gasteiger partial charge >= 0.3 is 0 Å². The van der Waals surface area contributed by atoms with Gasteiger partial charge in [0.2, 0.25) is 15.9 Å². The number of likely N-dealkylation sites (tertiary alicyclic amines) is 1. The van der Waals surface area contributed by atoms with Crippen molar-refractivity contribution in [2.75, 3.05) is 59.1 Å². The van der Waals surface area contributed by atoms with E-state index in [1.165, 1.54) is 48.5 Å². The average Bonchev–Trinajstić information content (AvgIpc) is 3.05. The Hall–Kier alpha value is -4.17. The number of ketones is 2. The maximum atomic E-state index is 15.1. The minimum absolute atomic E-state index is 0.0610. The quantitative estimate of drug-likeness (QED) is 0.275. The molecule has 2 saturated heterocycles. The van der Waals surface area contributed by atoms with Gasteiger partial charge in [-0.2, -0.15) is 0 Å². The first-order valence-electron chi connectivity index (χ1n) is 15.8. The molecule has 0 saturated carbocycles. The van der Waals surface area contributed by atoms with Crippen molar-refractivity contribution in [1.29, 1.82) is 0 Å². The number of phenols is 2. The van der Waals surface area contributed by atoms with Crippen LogP contribution in [0.4, 0.5) is 4.39 Å². The van der Waals surface area contributed by atoms with E-state index in [1.54, 1.807) is 34.9 Å². The average molecular weight is 681 g/mol. The third-order valence-electron chi connectivity index (χ3n) is 9.41. The van der Waals surface area contributed by atoms with Crippen molar-refractivity contribution in [3.05, 3.63) is 94.8 Å². The van der Waals surface area contributed by atoms with Crippen molar-refractivity contribution in [2.45, 2.75) is 18.9 Å². The second-order valence-corrected chi connectivity index (χ2v) is 14.6. The Kier molecular flexibility index (Phi) is 10.6. The van der Waals surface area contributed by atoms with E-state index in [0.29, 0.717) is 31.7 Å². The van der Waals surface area contributed by atoms with Gasteiger partial charge in [0.25, 0.3) is 0 Å². The van der Waals surface area contributed by atoms with Crippen molar-refractivity contribution in [3.8, 4) is 11.5 Å². The lowest BCUT2D eigenvalue weighted by atomic mass is 9.67. The fraction of sp³-hybridized carbons (Fsp3) is 0.400. The first kappa shape index (κ1) is 35.1. The maximum Gasteiger partial charge on any atom is 0.241 e. The molecule has 1 amide bonds. The summed E-state index contributed by atoms with van der Waals surface area (Å²) in [5.74, 6) is -4.90. The van der Waals surface area contributed by atoms with E-state index in [0.717, 1.165) is 6.26 Å². The lowest BCUT2D eigenvalue weighted by Crippen LogP contribution is -2.62. The van der Waals surface area contributed by atoms with Crippen LogP contribution in [0.5, 0.6) is 11.5 Å². The molecule has 5 rings (SSSR count). The molecule has 2 unspecified atom stereocenters. The number of phenolic OH excluding ortho intramolecular Hbond substituents is 2. The highest BCUT2D eigenvalue weighted by atomic mass is 32.2. The van der Waals surface area contributed by atoms with Crippen molar-refractivity contribution < 1.29 is 37.4 Å². The van der Waals surface area contributed by atoms with Crippen molar-refractivity contribution >= 4 is 27.5 Å². The van der Waals surface area contributed by atoms with Gasteiger partial charge in [-0.25, -0.2) is 17.5 Å². The summed E-state index contributed by atoms with van der Waals surface area (Å²) in [4.78, 5) is 48.6. The predicted octanol–water partition coefficient (Wildman–Crippen LogP) is 2.63. The molecule has 3 atom stereocenters. The van der Waals surface area contributed by atoms with Crippen LogP contribution in [0.25, 0.3) is 0 Å². The number of amides is 1. The number of nitrogens with zero attached hydrogens (tertiary/aromatic N) is 3. The van der Waals surface area contributed by atoms with Gasteiger partial charge < -0.3 is 20.0 Å². The van der Waals surface area contributed by atoms with E-state index in [4.69, 9.17) is 0 Å². The van der Waals surface area contributed by atoms with Gasteiger partial charge in [-0.3, -0.25) is 19.3 Å². The monoisotopic (exact) mass is 680 g/mol. The molecule has 256 valence electrons. The number of likely N-dealkylation sites (N-methyl/N-ethyl adjacent to an activating group) is 1. The number of hydrogen-bond donors (Lipinski definition) is 3. The number of benzene rings is 3. The van der Waals surface area contributed by atoms with Gasteiger partial charge in [-0.15, -0.1) is 0 Å². The van der Waals surface area contributed by atoms with Crippen LogP contribution in [0, 0.1) is 24.6 Å². The molecule has 2 heterocycles. The molecule has 13 heteroatoms. The fourth-order valence-corrected chi connectivity index (χ4v) is 7.30. The van der Waals surface area contributed by atoms with Crippen LogP contribution in [0.15, 0.2) is 66.7 Å². The SMILES string of the molecule is Cc1c(F)cccc1C1C(C(=O)c2cccc(O)c2)CN([C@@H](CNS(C)(=O)=O)C(=O)N2CCN(C)CC2)CC1C(=O)c1cccc(O)c1. The minimum Gasteiger partial charge on any atom is -0.508 e. The first-order valence-corrected chi connectivity index (χ1v) is 17.7. The topological polar surface area (TPSA) is 148 Å². The zero-order valence-corrected chi connectivity index (χ0v) is 28.0. The van der Waals surface area contributed by atoms with Crippen LogP contribution in [-0.4, -0.2) is 116 Å². The van der Waals surface area contributed by atoms with Gasteiger partial charge in [0, 0.05) is 74.7 Å². The Morgan fingerprint density at radius 3 is 1.90 bits per heavy atom. The summed E-state index contributed by atoms with van der Waals surface area (Å²) in [7, 11) is -1.79. The summed E-state index contributed by atoms with van der Waals surface area (Å²) < 4.78 is 42.2. The summed E-state index contributed by atoms with van der Waals surface area (Å²) in [5.41, 5.74) is 1.05. The minimum atomic E-state index is -3.74. The number of nitrogens with one attached hydrogen (secondary N) is 1. The number of rotatable bonds is 10. The second-order valence-electron chi connectivity index (χ2n) is 12.7. The van der Waals surface area contributed by atoms with E-state index in [1.807, 2.05) is 7.05 Å². The van der Waals surface area contributed by atoms with Crippen molar-refractivity contribution in [2.24, 2.45) is 11.8 Å². The third kappa shape index (κ3) is 7.92. The Bertz CT molecular complexity index is 1730. The van der Waals surface area contributed by atoms with E-state index < -0.39 is 51.2 Å². The summed E-state index contributed by atoms with van der Waals surface area (Å²) in [5, 5.41) is 20.5. The lowest BCUT2D eigenvalue weighted by Gasteiger charge is -2.47. The molecule has 2 fully saturated rings. The number of aromatic hydroxyl groups is 2. The van der Waals surface area contributed by atoms with E-state index in [2.05, 4.69) is 9.62 Å². The number of carbonyl (C=O) groups excluding carboxylic acids is 3. The molecule has 3 N–H and O–H groups in total. The number of piperazine rings is 1. The molecule has 48 heavy (non-hydrogen) atoms. The van der Waals surface area contributed by atoms with Crippen LogP contribution in [-0.2, 0) is 14.8 Å². The van der Waals surface area contributed by atoms with Crippen LogP contribution in [0.2, 0.25) is 0 Å². The Morgan fingerprint density at radius 2 is 1.40 bits per heavy atom. The molecular weight excluding hydrogens is 639 g/mol. The van der Waals surface area contributed by atoms with Crippen molar-refractivity contribution in [3.63, 3.8) is 0 Å². The van der Waals surface area contributed by atoms with Crippen molar-refractivity contribution in [1.82, 2.24) is 19.4 Å². The highest BCUT2D eigenvalue weighted by molar-refractivity contribution is 7.88. The summed E-state index contributed by atoms with van der Waals surface area (Å²) in [6, 6.07) is 15.1. The molecule has 0 aliphatic carbocycles. The molecule has 0 radical (unpaired) electrons. The van der Waals surface area contributed by atoms with Crippen LogP contribution >= 0.6 is 0 Å². The van der Waals surface area contributed by atoms with Gasteiger partial charge in [-0.05, 0) is 55.4 Å². The Morgan fingerprint density at radius 1 is 0.875 bits per heavy atom. The molecule has 0 spiro atoms. The molecule has 2 aliphatic heterocycles. The predicted molar refractivity (Wildman–Crippen MR) is 178 cm³/mol. The maximum absolute atomic E-state index is 15.1. The van der Waals surface area contributed by atoms with E-state index in [9.17, 15) is 33.0 Å². The third-order valence-corrected chi connectivity index (χ3v) is 10.1. The molecule has 11 nitrogen and oxygen atoms in total. The molecule has 3 aromatic rings. The van der Waals surface area contributed by atoms with Crippen LogP contribution in [0.1, 0.15) is 37.8 Å². The second kappa shape index (κ2) is 14.5. The van der Waals surface area contributed by atoms with Gasteiger partial charge in [0.15, 0.2) is 11.6 Å². The number of hydrogen-bond acceptors (Lipinski definition) is 9. The largest absolute Gasteiger partial charge is 0.508 e. The Labute approximate surface area is 280 Å². The highest BCUT2D eigenvalue weighted by Crippen LogP contribution is 2.43. The van der Waals surface area contributed by atoms with E-state index >= 15 is 4.39 Å². The smallest absolute Gasteiger partial charge is 0.241 e. The summed E-state index contributed by atoms with van der Waals surface area (Å²) >= 11 is 0. The van der Waals surface area contributed by atoms with Gasteiger partial charge in [0.05, 0.1) is 6.26 Å². The van der Waals surface area contributed by atoms with Crippen LogP contribution in [0.3, 0.4) is 0 Å². The lowest BCUT2D eigenvalue weighted by molar-refractivity contribution is -0.139. The Balaban J connectivity index is 1.66. The fourth-order valence-electron chi connectivity index (χ4n) is 6.84. The molecular formula is C35H41FN4O7S. The normalized spacial score (nSPS) is 21.5. The number of sulfonamides is 1. The summed E-state index contributed by atoms with van der Waals surface area (Å²) in [6.07, 6.45) is 0.992. The standard InChI is InChI=1S/C35H41FN4O7S/c1-22-27(11-6-12-30(22)36)32-28(33(43)23-7-4-9-25(41)17-23)20-40(21-29(32)34(44)24-8-5-10-26(42)18-24)31(19-37-48(3,46)47)35(45)39-15-13-38(2)14-16-39/h4-12,17-18,28-29,31-32,37,41-42H,13-16,19-21H2,1-3H3/t28?,29?,31-,32?/m0/s1. The number of carbonyl (C=O) groups is 3. The number of Topliss-reactive ketones (excluding diaryl/α,β-unsaturated/α-hetero) is 2. The zero-order chi connectivity index (χ0) is 34.7. The highest BCUT2D eigenvalue weighted by Gasteiger charge is 2.48. The number of halogens is 1. The zero-order valence-electron chi connectivity index (χ0n) is 27.2. The number of piperidine rings is 1. The molecule has 2 aliphatic rings. The first-order chi connectivity index (χ1) is 22.7. The van der Waals surface area contributed by atoms with Gasteiger partial charge in [0.1, 0.15) is 23.4 Å². The van der Waals surface area contributed by atoms with E-state index in [-0.39, 0.29) is 53.7 Å². The molecule has 0 bridgehead atoms. The summed E-state index contributed by atoms with van der Waals surface area (Å²) in [6.45, 7) is 3.24. The molecule has 3 aromatic carbocycles. The molecule has 0 aromatic heterocycles. The van der Waals surface area contributed by atoms with Crippen LogP contribution < -0.4 is 4.72 Å². The van der Waals surface area contributed by atoms with Gasteiger partial charge in [-0.1, -0.05) is 36.4 Å².